The van der Waals surface area contributed by atoms with Gasteiger partial charge in [0.25, 0.3) is 0 Å². The van der Waals surface area contributed by atoms with Crippen molar-refractivity contribution in [1.82, 2.24) is 0 Å². The Bertz CT molecular complexity index is 616. The Hall–Kier alpha value is -1.87. The van der Waals surface area contributed by atoms with Gasteiger partial charge in [-0.2, -0.15) is 0 Å². The van der Waals surface area contributed by atoms with Gasteiger partial charge in [0.2, 0.25) is 0 Å². The van der Waals surface area contributed by atoms with Crippen molar-refractivity contribution in [3.05, 3.63) is 48.0 Å². The minimum Gasteiger partial charge on any atom is -0.466 e. The molecule has 0 heterocycles. The standard InChI is InChI=1S/C17H20O3/c1-4-20-16(18)12(2)17(3,19)15-10-9-13-7-5-6-8-14(13)11-15/h5-12,19H,4H2,1-3H3/t12-,17+/m1/s1. The lowest BCUT2D eigenvalue weighted by atomic mass is 9.83. The Morgan fingerprint density at radius 1 is 1.25 bits per heavy atom. The lowest BCUT2D eigenvalue weighted by molar-refractivity contribution is -0.156. The first-order chi connectivity index (χ1) is 9.46. The molecule has 2 aromatic rings. The van der Waals surface area contributed by atoms with E-state index in [9.17, 15) is 9.90 Å². The van der Waals surface area contributed by atoms with E-state index in [0.717, 1.165) is 16.3 Å². The summed E-state index contributed by atoms with van der Waals surface area (Å²) >= 11 is 0. The SMILES string of the molecule is CCOC(=O)[C@@H](C)[C@](C)(O)c1ccc2ccccc2c1. The molecule has 3 nitrogen and oxygen atoms in total. The summed E-state index contributed by atoms with van der Waals surface area (Å²) < 4.78 is 5.00. The molecule has 0 spiro atoms. The molecule has 1 N–H and O–H groups in total. The predicted octanol–water partition coefficient (Wildman–Crippen LogP) is 3.25. The number of esters is 1. The fourth-order valence-electron chi connectivity index (χ4n) is 2.25. The van der Waals surface area contributed by atoms with Gasteiger partial charge >= 0.3 is 5.97 Å². The van der Waals surface area contributed by atoms with Crippen LogP contribution in [0.3, 0.4) is 0 Å². The lowest BCUT2D eigenvalue weighted by Gasteiger charge is -2.29. The highest BCUT2D eigenvalue weighted by Crippen LogP contribution is 2.32. The highest BCUT2D eigenvalue weighted by atomic mass is 16.5. The van der Waals surface area contributed by atoms with Gasteiger partial charge in [0.15, 0.2) is 0 Å². The first kappa shape index (κ1) is 14.5. The van der Waals surface area contributed by atoms with Crippen LogP contribution in [0.1, 0.15) is 26.3 Å². The van der Waals surface area contributed by atoms with Crippen molar-refractivity contribution < 1.29 is 14.6 Å². The van der Waals surface area contributed by atoms with Crippen LogP contribution in [0.25, 0.3) is 10.8 Å². The second kappa shape index (κ2) is 5.63. The van der Waals surface area contributed by atoms with Crippen LogP contribution < -0.4 is 0 Å². The van der Waals surface area contributed by atoms with E-state index in [1.54, 1.807) is 20.8 Å². The summed E-state index contributed by atoms with van der Waals surface area (Å²) in [5.74, 6) is -1.01. The first-order valence-electron chi connectivity index (χ1n) is 6.85. The molecule has 3 heteroatoms. The van der Waals surface area contributed by atoms with Crippen molar-refractivity contribution >= 4 is 16.7 Å². The van der Waals surface area contributed by atoms with Crippen molar-refractivity contribution in [2.24, 2.45) is 5.92 Å². The van der Waals surface area contributed by atoms with Gasteiger partial charge < -0.3 is 9.84 Å². The number of rotatable bonds is 4. The zero-order valence-corrected chi connectivity index (χ0v) is 12.1. The van der Waals surface area contributed by atoms with Gasteiger partial charge in [-0.3, -0.25) is 4.79 Å². The van der Waals surface area contributed by atoms with E-state index in [1.165, 1.54) is 0 Å². The maximum atomic E-state index is 11.8. The minimum atomic E-state index is -1.25. The highest BCUT2D eigenvalue weighted by molar-refractivity contribution is 5.83. The number of benzene rings is 2. The maximum Gasteiger partial charge on any atom is 0.311 e. The third-order valence-electron chi connectivity index (χ3n) is 3.82. The topological polar surface area (TPSA) is 46.5 Å². The predicted molar refractivity (Wildman–Crippen MR) is 79.3 cm³/mol. The smallest absolute Gasteiger partial charge is 0.311 e. The summed E-state index contributed by atoms with van der Waals surface area (Å²) in [5, 5.41) is 12.9. The number of hydrogen-bond acceptors (Lipinski definition) is 3. The molecular formula is C17H20O3. The van der Waals surface area contributed by atoms with E-state index < -0.39 is 11.5 Å². The van der Waals surface area contributed by atoms with Crippen LogP contribution in [0.5, 0.6) is 0 Å². The monoisotopic (exact) mass is 272 g/mol. The molecule has 0 aliphatic heterocycles. The third kappa shape index (κ3) is 2.68. The summed E-state index contributed by atoms with van der Waals surface area (Å²) in [4.78, 5) is 11.8. The second-order valence-electron chi connectivity index (χ2n) is 5.18. The van der Waals surface area contributed by atoms with Gasteiger partial charge in [-0.05, 0) is 43.2 Å². The minimum absolute atomic E-state index is 0.316. The van der Waals surface area contributed by atoms with E-state index in [-0.39, 0.29) is 5.97 Å². The van der Waals surface area contributed by atoms with Crippen LogP contribution >= 0.6 is 0 Å². The molecule has 0 unspecified atom stereocenters. The molecule has 20 heavy (non-hydrogen) atoms. The van der Waals surface area contributed by atoms with Crippen molar-refractivity contribution in [2.75, 3.05) is 6.61 Å². The second-order valence-corrected chi connectivity index (χ2v) is 5.18. The highest BCUT2D eigenvalue weighted by Gasteiger charge is 2.36. The first-order valence-corrected chi connectivity index (χ1v) is 6.85. The fourth-order valence-corrected chi connectivity index (χ4v) is 2.25. The van der Waals surface area contributed by atoms with Gasteiger partial charge in [-0.15, -0.1) is 0 Å². The van der Waals surface area contributed by atoms with Crippen LogP contribution in [0.4, 0.5) is 0 Å². The Balaban J connectivity index is 2.37. The molecule has 0 saturated heterocycles. The molecule has 106 valence electrons. The summed E-state index contributed by atoms with van der Waals surface area (Å²) in [5.41, 5.74) is -0.534. The van der Waals surface area contributed by atoms with Gasteiger partial charge in [0.1, 0.15) is 0 Å². The van der Waals surface area contributed by atoms with Crippen LogP contribution in [-0.2, 0) is 15.1 Å². The van der Waals surface area contributed by atoms with Crippen LogP contribution in [0.15, 0.2) is 42.5 Å². The quantitative estimate of drug-likeness (QED) is 0.869. The molecule has 0 bridgehead atoms. The Morgan fingerprint density at radius 3 is 2.55 bits per heavy atom. The van der Waals surface area contributed by atoms with E-state index in [0.29, 0.717) is 6.61 Å². The summed E-state index contributed by atoms with van der Waals surface area (Å²) in [6, 6.07) is 13.7. The molecule has 0 aliphatic rings. The number of carbonyl (C=O) groups excluding carboxylic acids is 1. The molecule has 0 radical (unpaired) electrons. The van der Waals surface area contributed by atoms with Crippen LogP contribution in [0, 0.1) is 5.92 Å². The van der Waals surface area contributed by atoms with E-state index >= 15 is 0 Å². The van der Waals surface area contributed by atoms with E-state index in [4.69, 9.17) is 4.74 Å². The molecule has 0 amide bonds. The largest absolute Gasteiger partial charge is 0.466 e. The molecule has 0 aliphatic carbocycles. The Labute approximate surface area is 119 Å². The van der Waals surface area contributed by atoms with Crippen LogP contribution in [0.2, 0.25) is 0 Å². The maximum absolute atomic E-state index is 11.8. The number of hydrogen-bond donors (Lipinski definition) is 1. The number of ether oxygens (including phenoxy) is 1. The van der Waals surface area contributed by atoms with Gasteiger partial charge in [0.05, 0.1) is 18.1 Å². The van der Waals surface area contributed by atoms with E-state index in [1.807, 2.05) is 42.5 Å². The van der Waals surface area contributed by atoms with Crippen molar-refractivity contribution in [1.29, 1.82) is 0 Å². The average molecular weight is 272 g/mol. The van der Waals surface area contributed by atoms with Gasteiger partial charge in [-0.25, -0.2) is 0 Å². The third-order valence-corrected chi connectivity index (χ3v) is 3.82. The van der Waals surface area contributed by atoms with Crippen molar-refractivity contribution in [2.45, 2.75) is 26.4 Å². The molecule has 2 aromatic carbocycles. The molecular weight excluding hydrogens is 252 g/mol. The number of fused-ring (bicyclic) bond motifs is 1. The summed E-state index contributed by atoms with van der Waals surface area (Å²) in [6.07, 6.45) is 0. The molecule has 2 rings (SSSR count). The van der Waals surface area contributed by atoms with Crippen molar-refractivity contribution in [3.63, 3.8) is 0 Å². The van der Waals surface area contributed by atoms with Crippen LogP contribution in [-0.4, -0.2) is 17.7 Å². The number of carbonyl (C=O) groups is 1. The molecule has 0 fully saturated rings. The molecule has 0 aromatic heterocycles. The molecule has 0 saturated carbocycles. The van der Waals surface area contributed by atoms with Crippen molar-refractivity contribution in [3.8, 4) is 0 Å². The lowest BCUT2D eigenvalue weighted by Crippen LogP contribution is -2.36. The Kier molecular flexibility index (Phi) is 4.09. The fraction of sp³-hybridized carbons (Fsp3) is 0.353. The average Bonchev–Trinajstić information content (AvgIpc) is 2.46. The van der Waals surface area contributed by atoms with Gasteiger partial charge in [0, 0.05) is 0 Å². The Morgan fingerprint density at radius 2 is 1.90 bits per heavy atom. The summed E-state index contributed by atoms with van der Waals surface area (Å²) in [7, 11) is 0. The number of aliphatic hydroxyl groups is 1. The van der Waals surface area contributed by atoms with Gasteiger partial charge in [-0.1, -0.05) is 36.4 Å². The zero-order chi connectivity index (χ0) is 14.8. The van der Waals surface area contributed by atoms with E-state index in [2.05, 4.69) is 0 Å². The zero-order valence-electron chi connectivity index (χ0n) is 12.1. The summed E-state index contributed by atoms with van der Waals surface area (Å²) in [6.45, 7) is 5.41. The normalized spacial score (nSPS) is 15.6. The molecule has 2 atom stereocenters.